The number of hydrogen-bond acceptors (Lipinski definition) is 3. The Balaban J connectivity index is 2.00. The molecule has 1 aromatic rings. The SMILES string of the molecule is Cc1ccc(N2C(=O)NC(NC(=O)C3CC3)(C(F)(F)F)C2=O)cc1C. The fourth-order valence-electron chi connectivity index (χ4n) is 2.61. The lowest BCUT2D eigenvalue weighted by molar-refractivity contribution is -0.201. The zero-order chi connectivity index (χ0) is 18.6. The van der Waals surface area contributed by atoms with Gasteiger partial charge in [-0.25, -0.2) is 9.69 Å². The molecule has 0 radical (unpaired) electrons. The van der Waals surface area contributed by atoms with Gasteiger partial charge in [0.05, 0.1) is 5.69 Å². The average Bonchev–Trinajstić information content (AvgIpc) is 3.30. The number of alkyl halides is 3. The molecule has 4 amide bonds. The van der Waals surface area contributed by atoms with Crippen LogP contribution in [0.3, 0.4) is 0 Å². The minimum atomic E-state index is -5.18. The summed E-state index contributed by atoms with van der Waals surface area (Å²) in [6, 6.07) is 3.19. The van der Waals surface area contributed by atoms with Crippen LogP contribution in [-0.4, -0.2) is 29.7 Å². The van der Waals surface area contributed by atoms with Crippen molar-refractivity contribution in [1.82, 2.24) is 10.6 Å². The number of carbonyl (C=O) groups excluding carboxylic acids is 3. The number of hydrogen-bond donors (Lipinski definition) is 2. The van der Waals surface area contributed by atoms with Crippen LogP contribution in [0.5, 0.6) is 0 Å². The molecule has 1 unspecified atom stereocenters. The molecule has 25 heavy (non-hydrogen) atoms. The molecule has 2 fully saturated rings. The summed E-state index contributed by atoms with van der Waals surface area (Å²) in [5.41, 5.74) is -1.86. The highest BCUT2D eigenvalue weighted by Crippen LogP contribution is 2.38. The lowest BCUT2D eigenvalue weighted by Crippen LogP contribution is -2.69. The average molecular weight is 355 g/mol. The van der Waals surface area contributed by atoms with Crippen LogP contribution in [0, 0.1) is 19.8 Å². The Kier molecular flexibility index (Phi) is 3.77. The van der Waals surface area contributed by atoms with Crippen molar-refractivity contribution in [2.45, 2.75) is 38.5 Å². The molecule has 2 aliphatic rings. The van der Waals surface area contributed by atoms with E-state index in [0.29, 0.717) is 23.3 Å². The first-order valence-corrected chi connectivity index (χ1v) is 7.69. The fourth-order valence-corrected chi connectivity index (χ4v) is 2.61. The Morgan fingerprint density at radius 3 is 2.40 bits per heavy atom. The lowest BCUT2D eigenvalue weighted by atomic mass is 10.1. The third kappa shape index (κ3) is 2.73. The largest absolute Gasteiger partial charge is 0.440 e. The van der Waals surface area contributed by atoms with Crippen LogP contribution in [0.4, 0.5) is 23.7 Å². The first-order chi connectivity index (χ1) is 11.6. The third-order valence-corrected chi connectivity index (χ3v) is 4.45. The Morgan fingerprint density at radius 2 is 1.88 bits per heavy atom. The first kappa shape index (κ1) is 17.2. The number of nitrogens with one attached hydrogen (secondary N) is 2. The third-order valence-electron chi connectivity index (χ3n) is 4.45. The van der Waals surface area contributed by atoms with Crippen molar-refractivity contribution in [2.24, 2.45) is 5.92 Å². The van der Waals surface area contributed by atoms with Crippen LogP contribution in [-0.2, 0) is 9.59 Å². The van der Waals surface area contributed by atoms with Crippen LogP contribution >= 0.6 is 0 Å². The van der Waals surface area contributed by atoms with E-state index in [4.69, 9.17) is 0 Å². The number of halogens is 3. The minimum absolute atomic E-state index is 0.0115. The number of rotatable bonds is 3. The van der Waals surface area contributed by atoms with Crippen molar-refractivity contribution in [1.29, 1.82) is 0 Å². The molecule has 1 atom stereocenters. The van der Waals surface area contributed by atoms with Crippen LogP contribution in [0.1, 0.15) is 24.0 Å². The van der Waals surface area contributed by atoms with Crippen LogP contribution in [0.15, 0.2) is 18.2 Å². The number of anilines is 1. The van der Waals surface area contributed by atoms with E-state index < -0.39 is 35.6 Å². The summed E-state index contributed by atoms with van der Waals surface area (Å²) in [7, 11) is 0. The second-order valence-corrected chi connectivity index (χ2v) is 6.35. The quantitative estimate of drug-likeness (QED) is 0.816. The number of imide groups is 1. The zero-order valence-electron chi connectivity index (χ0n) is 13.5. The van der Waals surface area contributed by atoms with Gasteiger partial charge in [0.2, 0.25) is 5.91 Å². The highest BCUT2D eigenvalue weighted by Gasteiger charge is 2.69. The summed E-state index contributed by atoms with van der Waals surface area (Å²) in [5, 5.41) is 3.35. The van der Waals surface area contributed by atoms with Crippen molar-refractivity contribution < 1.29 is 27.6 Å². The van der Waals surface area contributed by atoms with E-state index in [2.05, 4.69) is 0 Å². The molecular weight excluding hydrogens is 339 g/mol. The minimum Gasteiger partial charge on any atom is -0.318 e. The van der Waals surface area contributed by atoms with Crippen LogP contribution in [0.2, 0.25) is 0 Å². The Hall–Kier alpha value is -2.58. The number of nitrogens with zero attached hydrogens (tertiary/aromatic N) is 1. The van der Waals surface area contributed by atoms with Crippen molar-refractivity contribution in [3.05, 3.63) is 29.3 Å². The Morgan fingerprint density at radius 1 is 1.24 bits per heavy atom. The number of benzene rings is 1. The number of amides is 4. The summed E-state index contributed by atoms with van der Waals surface area (Å²) >= 11 is 0. The van der Waals surface area contributed by atoms with Crippen molar-refractivity contribution >= 4 is 23.5 Å². The molecule has 1 heterocycles. The van der Waals surface area contributed by atoms with Gasteiger partial charge in [0.15, 0.2) is 0 Å². The van der Waals surface area contributed by atoms with E-state index in [0.717, 1.165) is 5.56 Å². The maximum Gasteiger partial charge on any atom is 0.440 e. The van der Waals surface area contributed by atoms with Crippen molar-refractivity contribution in [3.63, 3.8) is 0 Å². The smallest absolute Gasteiger partial charge is 0.318 e. The van der Waals surface area contributed by atoms with E-state index in [1.807, 2.05) is 0 Å². The van der Waals surface area contributed by atoms with Gasteiger partial charge in [0.1, 0.15) is 0 Å². The maximum absolute atomic E-state index is 13.6. The van der Waals surface area contributed by atoms with Gasteiger partial charge in [0.25, 0.3) is 11.6 Å². The molecular formula is C16H16F3N3O3. The molecule has 0 aromatic heterocycles. The second kappa shape index (κ2) is 5.47. The molecule has 1 aromatic carbocycles. The molecule has 134 valence electrons. The summed E-state index contributed by atoms with van der Waals surface area (Å²) in [6.45, 7) is 3.50. The summed E-state index contributed by atoms with van der Waals surface area (Å²) in [6.07, 6.45) is -4.26. The Labute approximate surface area is 141 Å². The van der Waals surface area contributed by atoms with Gasteiger partial charge in [-0.15, -0.1) is 0 Å². The normalized spacial score (nSPS) is 23.6. The molecule has 0 spiro atoms. The lowest BCUT2D eigenvalue weighted by Gasteiger charge is -2.29. The molecule has 1 aliphatic heterocycles. The van der Waals surface area contributed by atoms with Gasteiger partial charge in [-0.2, -0.15) is 13.2 Å². The Bertz CT molecular complexity index is 774. The summed E-state index contributed by atoms with van der Waals surface area (Å²) in [5.74, 6) is -3.02. The van der Waals surface area contributed by atoms with E-state index in [9.17, 15) is 27.6 Å². The number of urea groups is 1. The summed E-state index contributed by atoms with van der Waals surface area (Å²) in [4.78, 5) is 37.0. The monoisotopic (exact) mass is 355 g/mol. The molecule has 1 saturated heterocycles. The second-order valence-electron chi connectivity index (χ2n) is 6.35. The van der Waals surface area contributed by atoms with Gasteiger partial charge >= 0.3 is 12.2 Å². The number of carbonyl (C=O) groups is 3. The molecule has 9 heteroatoms. The molecule has 6 nitrogen and oxygen atoms in total. The topological polar surface area (TPSA) is 78.5 Å². The van der Waals surface area contributed by atoms with E-state index in [1.54, 1.807) is 30.5 Å². The predicted molar refractivity (Wildman–Crippen MR) is 81.6 cm³/mol. The molecule has 1 saturated carbocycles. The van der Waals surface area contributed by atoms with Gasteiger partial charge in [-0.1, -0.05) is 6.07 Å². The number of aryl methyl sites for hydroxylation is 2. The van der Waals surface area contributed by atoms with Crippen molar-refractivity contribution in [2.75, 3.05) is 4.90 Å². The molecule has 0 bridgehead atoms. The summed E-state index contributed by atoms with van der Waals surface area (Å²) < 4.78 is 40.9. The fraction of sp³-hybridized carbons (Fsp3) is 0.438. The van der Waals surface area contributed by atoms with Gasteiger partial charge in [-0.3, -0.25) is 14.9 Å². The molecule has 1 aliphatic carbocycles. The van der Waals surface area contributed by atoms with Gasteiger partial charge in [0, 0.05) is 5.92 Å². The zero-order valence-corrected chi connectivity index (χ0v) is 13.5. The van der Waals surface area contributed by atoms with Crippen molar-refractivity contribution in [3.8, 4) is 0 Å². The predicted octanol–water partition coefficient (Wildman–Crippen LogP) is 2.14. The van der Waals surface area contributed by atoms with Crippen LogP contribution < -0.4 is 15.5 Å². The van der Waals surface area contributed by atoms with Gasteiger partial charge in [-0.05, 0) is 49.9 Å². The molecule has 2 N–H and O–H groups in total. The standard InChI is InChI=1S/C16H16F3N3O3/c1-8-3-6-11(7-9(8)2)22-13(24)15(16(17,18)19,21-14(22)25)20-12(23)10-4-5-10/h3,6-7,10H,4-5H2,1-2H3,(H,20,23)(H,21,25). The first-order valence-electron chi connectivity index (χ1n) is 7.69. The highest BCUT2D eigenvalue weighted by molar-refractivity contribution is 6.24. The van der Waals surface area contributed by atoms with E-state index in [-0.39, 0.29) is 5.69 Å². The van der Waals surface area contributed by atoms with Gasteiger partial charge < -0.3 is 5.32 Å². The highest BCUT2D eigenvalue weighted by atomic mass is 19.4. The van der Waals surface area contributed by atoms with Crippen LogP contribution in [0.25, 0.3) is 0 Å². The van der Waals surface area contributed by atoms with E-state index in [1.165, 1.54) is 12.1 Å². The maximum atomic E-state index is 13.6. The molecule has 3 rings (SSSR count). The van der Waals surface area contributed by atoms with E-state index >= 15 is 0 Å².